The molecule has 0 bridgehead atoms. The minimum atomic E-state index is -0.559. The van der Waals surface area contributed by atoms with Crippen LogP contribution < -0.4 is 10.2 Å². The summed E-state index contributed by atoms with van der Waals surface area (Å²) in [6.07, 6.45) is 2.58. The smallest absolute Gasteiger partial charge is 0.122 e. The van der Waals surface area contributed by atoms with Gasteiger partial charge in [0.25, 0.3) is 0 Å². The highest BCUT2D eigenvalue weighted by atomic mass is 16.3. The van der Waals surface area contributed by atoms with E-state index in [1.165, 1.54) is 0 Å². The first kappa shape index (κ1) is 16.1. The summed E-state index contributed by atoms with van der Waals surface area (Å²) in [6, 6.07) is 6.07. The number of anilines is 1. The van der Waals surface area contributed by atoms with E-state index < -0.39 is 5.60 Å². The van der Waals surface area contributed by atoms with Gasteiger partial charge in [-0.2, -0.15) is 0 Å². The third-order valence-corrected chi connectivity index (χ3v) is 4.42. The Morgan fingerprint density at radius 3 is 2.76 bits per heavy atom. The highest BCUT2D eigenvalue weighted by molar-refractivity contribution is 5.54. The fraction of sp³-hybridized carbons (Fsp3) is 0.647. The molecule has 1 heterocycles. The van der Waals surface area contributed by atoms with Crippen LogP contribution in [0.2, 0.25) is 0 Å². The van der Waals surface area contributed by atoms with Gasteiger partial charge < -0.3 is 20.4 Å². The zero-order valence-corrected chi connectivity index (χ0v) is 13.4. The number of phenols is 1. The molecule has 1 aliphatic rings. The molecule has 0 saturated carbocycles. The molecular weight excluding hydrogens is 264 g/mol. The maximum atomic E-state index is 10.3. The average Bonchev–Trinajstić information content (AvgIpc) is 2.60. The van der Waals surface area contributed by atoms with Gasteiger partial charge in [0.2, 0.25) is 0 Å². The van der Waals surface area contributed by atoms with Gasteiger partial charge in [-0.1, -0.05) is 13.0 Å². The second-order valence-corrected chi connectivity index (χ2v) is 6.36. The van der Waals surface area contributed by atoms with Gasteiger partial charge in [0.1, 0.15) is 5.75 Å². The monoisotopic (exact) mass is 292 g/mol. The number of hydrogen-bond acceptors (Lipinski definition) is 4. The summed E-state index contributed by atoms with van der Waals surface area (Å²) in [4.78, 5) is 2.25. The van der Waals surface area contributed by atoms with Gasteiger partial charge in [0, 0.05) is 36.4 Å². The quantitative estimate of drug-likeness (QED) is 0.799. The van der Waals surface area contributed by atoms with Gasteiger partial charge >= 0.3 is 0 Å². The summed E-state index contributed by atoms with van der Waals surface area (Å²) in [6.45, 7) is 8.66. The molecule has 4 heteroatoms. The topological polar surface area (TPSA) is 55.7 Å². The van der Waals surface area contributed by atoms with E-state index in [1.54, 1.807) is 0 Å². The molecule has 1 aromatic rings. The molecule has 1 fully saturated rings. The zero-order chi connectivity index (χ0) is 15.5. The molecular formula is C17H28N2O2. The Balaban J connectivity index is 2.12. The zero-order valence-electron chi connectivity index (χ0n) is 13.4. The van der Waals surface area contributed by atoms with Crippen LogP contribution in [-0.2, 0) is 0 Å². The molecule has 2 unspecified atom stereocenters. The molecule has 4 nitrogen and oxygen atoms in total. The Bertz CT molecular complexity index is 474. The van der Waals surface area contributed by atoms with Crippen molar-refractivity contribution in [3.05, 3.63) is 23.8 Å². The standard InChI is InChI=1S/C17H28N2O2/c1-4-18-13(2)15-7-6-14(12-16(15)20)19-10-5-8-17(3,21)9-11-19/h6-7,12-13,18,20-21H,4-5,8-11H2,1-3H3. The van der Waals surface area contributed by atoms with E-state index in [-0.39, 0.29) is 6.04 Å². The molecule has 0 aliphatic carbocycles. The van der Waals surface area contributed by atoms with Crippen LogP contribution in [0.15, 0.2) is 18.2 Å². The Labute approximate surface area is 127 Å². The Hall–Kier alpha value is -1.26. The normalized spacial score (nSPS) is 24.7. The molecule has 1 saturated heterocycles. The molecule has 0 radical (unpaired) electrons. The van der Waals surface area contributed by atoms with Crippen LogP contribution in [0.1, 0.15) is 51.6 Å². The third kappa shape index (κ3) is 4.11. The Morgan fingerprint density at radius 1 is 1.33 bits per heavy atom. The Kier molecular flexibility index (Phi) is 5.12. The van der Waals surface area contributed by atoms with Gasteiger partial charge in [0.05, 0.1) is 5.60 Å². The number of aromatic hydroxyl groups is 1. The van der Waals surface area contributed by atoms with Crippen LogP contribution in [-0.4, -0.2) is 35.4 Å². The number of nitrogens with one attached hydrogen (secondary N) is 1. The number of nitrogens with zero attached hydrogens (tertiary/aromatic N) is 1. The van der Waals surface area contributed by atoms with Crippen LogP contribution in [0.5, 0.6) is 5.75 Å². The SMILES string of the molecule is CCNC(C)c1ccc(N2CCCC(C)(O)CC2)cc1O. The molecule has 1 aliphatic heterocycles. The first-order chi connectivity index (χ1) is 9.93. The van der Waals surface area contributed by atoms with Crippen molar-refractivity contribution in [3.63, 3.8) is 0 Å². The van der Waals surface area contributed by atoms with Gasteiger partial charge in [-0.25, -0.2) is 0 Å². The van der Waals surface area contributed by atoms with Crippen LogP contribution in [0.25, 0.3) is 0 Å². The van der Waals surface area contributed by atoms with E-state index in [0.29, 0.717) is 5.75 Å². The van der Waals surface area contributed by atoms with Crippen molar-refractivity contribution in [2.75, 3.05) is 24.5 Å². The van der Waals surface area contributed by atoms with Crippen molar-refractivity contribution in [2.24, 2.45) is 0 Å². The summed E-state index contributed by atoms with van der Waals surface area (Å²) >= 11 is 0. The van der Waals surface area contributed by atoms with Crippen molar-refractivity contribution < 1.29 is 10.2 Å². The van der Waals surface area contributed by atoms with Crippen LogP contribution in [0.3, 0.4) is 0 Å². The van der Waals surface area contributed by atoms with E-state index in [1.807, 2.05) is 19.1 Å². The number of aliphatic hydroxyl groups is 1. The number of hydrogen-bond donors (Lipinski definition) is 3. The molecule has 1 aromatic carbocycles. The maximum Gasteiger partial charge on any atom is 0.122 e. The van der Waals surface area contributed by atoms with Gasteiger partial charge in [0.15, 0.2) is 0 Å². The lowest BCUT2D eigenvalue weighted by molar-refractivity contribution is 0.0481. The lowest BCUT2D eigenvalue weighted by atomic mass is 9.98. The maximum absolute atomic E-state index is 10.3. The highest BCUT2D eigenvalue weighted by Gasteiger charge is 2.25. The lowest BCUT2D eigenvalue weighted by Gasteiger charge is -2.25. The van der Waals surface area contributed by atoms with Crippen LogP contribution >= 0.6 is 0 Å². The lowest BCUT2D eigenvalue weighted by Crippen LogP contribution is -2.28. The summed E-state index contributed by atoms with van der Waals surface area (Å²) in [5, 5.41) is 23.8. The molecule has 2 rings (SSSR count). The summed E-state index contributed by atoms with van der Waals surface area (Å²) in [5.41, 5.74) is 1.41. The summed E-state index contributed by atoms with van der Waals surface area (Å²) in [7, 11) is 0. The summed E-state index contributed by atoms with van der Waals surface area (Å²) in [5.74, 6) is 0.344. The molecule has 2 atom stereocenters. The largest absolute Gasteiger partial charge is 0.508 e. The summed E-state index contributed by atoms with van der Waals surface area (Å²) < 4.78 is 0. The van der Waals surface area contributed by atoms with Crippen molar-refractivity contribution in [1.82, 2.24) is 5.32 Å². The molecule has 3 N–H and O–H groups in total. The van der Waals surface area contributed by atoms with E-state index in [2.05, 4.69) is 30.1 Å². The van der Waals surface area contributed by atoms with E-state index in [9.17, 15) is 10.2 Å². The van der Waals surface area contributed by atoms with E-state index in [0.717, 1.165) is 50.1 Å². The van der Waals surface area contributed by atoms with Gasteiger partial charge in [-0.15, -0.1) is 0 Å². The van der Waals surface area contributed by atoms with Crippen LogP contribution in [0, 0.1) is 0 Å². The average molecular weight is 292 g/mol. The predicted molar refractivity (Wildman–Crippen MR) is 86.9 cm³/mol. The first-order valence-electron chi connectivity index (χ1n) is 7.96. The Morgan fingerprint density at radius 2 is 2.10 bits per heavy atom. The fourth-order valence-electron chi connectivity index (χ4n) is 3.03. The van der Waals surface area contributed by atoms with Crippen molar-refractivity contribution >= 4 is 5.69 Å². The minimum Gasteiger partial charge on any atom is -0.508 e. The van der Waals surface area contributed by atoms with Gasteiger partial charge in [-0.05, 0) is 45.7 Å². The number of phenolic OH excluding ortho intramolecular Hbond substituents is 1. The first-order valence-corrected chi connectivity index (χ1v) is 7.96. The highest BCUT2D eigenvalue weighted by Crippen LogP contribution is 2.31. The number of benzene rings is 1. The molecule has 118 valence electrons. The van der Waals surface area contributed by atoms with Crippen molar-refractivity contribution in [3.8, 4) is 5.75 Å². The molecule has 0 aromatic heterocycles. The van der Waals surface area contributed by atoms with E-state index >= 15 is 0 Å². The van der Waals surface area contributed by atoms with Crippen LogP contribution in [0.4, 0.5) is 5.69 Å². The van der Waals surface area contributed by atoms with E-state index in [4.69, 9.17) is 0 Å². The number of rotatable bonds is 4. The fourth-order valence-corrected chi connectivity index (χ4v) is 3.03. The molecule has 21 heavy (non-hydrogen) atoms. The van der Waals surface area contributed by atoms with Gasteiger partial charge in [-0.3, -0.25) is 0 Å². The predicted octanol–water partition coefficient (Wildman–Crippen LogP) is 2.80. The van der Waals surface area contributed by atoms with Crippen molar-refractivity contribution in [1.29, 1.82) is 0 Å². The molecule has 0 spiro atoms. The van der Waals surface area contributed by atoms with Crippen molar-refractivity contribution in [2.45, 2.75) is 51.7 Å². The second-order valence-electron chi connectivity index (χ2n) is 6.36. The molecule has 0 amide bonds. The third-order valence-electron chi connectivity index (χ3n) is 4.42. The second kappa shape index (κ2) is 6.67. The minimum absolute atomic E-state index is 0.147.